The van der Waals surface area contributed by atoms with Gasteiger partial charge >= 0.3 is 0 Å². The fraction of sp³-hybridized carbons (Fsp3) is 0.909. The first-order valence-electron chi connectivity index (χ1n) is 5.40. The van der Waals surface area contributed by atoms with Crippen LogP contribution in [0, 0.1) is 5.41 Å². The number of carbonyl (C=O) groups excluding carboxylic acids is 1. The highest BCUT2D eigenvalue weighted by molar-refractivity contribution is 9.09. The molecule has 0 aliphatic heterocycles. The van der Waals surface area contributed by atoms with Gasteiger partial charge in [-0.25, -0.2) is 0 Å². The standard InChI is InChI=1S/C11H19Br2NO/c1-10(5-3-4-6-10)9(15)14-11(2,7-12)8-13/h3-8H2,1-2H3,(H,14,15). The summed E-state index contributed by atoms with van der Waals surface area (Å²) in [4.78, 5) is 12.1. The molecule has 0 bridgehead atoms. The predicted molar refractivity (Wildman–Crippen MR) is 70.7 cm³/mol. The summed E-state index contributed by atoms with van der Waals surface area (Å²) in [5.74, 6) is 0.210. The Morgan fingerprint density at radius 3 is 2.20 bits per heavy atom. The van der Waals surface area contributed by atoms with Crippen molar-refractivity contribution in [2.24, 2.45) is 5.41 Å². The van der Waals surface area contributed by atoms with Gasteiger partial charge in [0, 0.05) is 16.1 Å². The maximum atomic E-state index is 12.1. The average Bonchev–Trinajstić information content (AvgIpc) is 2.66. The molecule has 1 saturated carbocycles. The van der Waals surface area contributed by atoms with Gasteiger partial charge in [-0.15, -0.1) is 0 Å². The van der Waals surface area contributed by atoms with Gasteiger partial charge in [-0.1, -0.05) is 51.6 Å². The molecule has 0 atom stereocenters. The molecule has 2 nitrogen and oxygen atoms in total. The molecular weight excluding hydrogens is 322 g/mol. The molecule has 1 fully saturated rings. The number of hydrogen-bond acceptors (Lipinski definition) is 1. The zero-order valence-corrected chi connectivity index (χ0v) is 12.6. The van der Waals surface area contributed by atoms with E-state index in [2.05, 4.69) is 44.1 Å². The highest BCUT2D eigenvalue weighted by atomic mass is 79.9. The maximum Gasteiger partial charge on any atom is 0.226 e. The largest absolute Gasteiger partial charge is 0.349 e. The van der Waals surface area contributed by atoms with E-state index in [0.29, 0.717) is 0 Å². The summed E-state index contributed by atoms with van der Waals surface area (Å²) in [6.07, 6.45) is 4.42. The smallest absolute Gasteiger partial charge is 0.226 e. The summed E-state index contributed by atoms with van der Waals surface area (Å²) in [6, 6.07) is 0. The third-order valence-corrected chi connectivity index (χ3v) is 5.74. The number of rotatable bonds is 4. The van der Waals surface area contributed by atoms with Gasteiger partial charge in [-0.05, 0) is 19.8 Å². The van der Waals surface area contributed by atoms with Gasteiger partial charge in [-0.3, -0.25) is 4.79 Å². The van der Waals surface area contributed by atoms with E-state index < -0.39 is 0 Å². The fourth-order valence-corrected chi connectivity index (χ4v) is 3.12. The van der Waals surface area contributed by atoms with Gasteiger partial charge in [0.2, 0.25) is 5.91 Å². The van der Waals surface area contributed by atoms with Crippen LogP contribution in [0.1, 0.15) is 39.5 Å². The molecule has 4 heteroatoms. The van der Waals surface area contributed by atoms with E-state index in [1.807, 2.05) is 6.92 Å². The number of halogens is 2. The van der Waals surface area contributed by atoms with Gasteiger partial charge in [0.15, 0.2) is 0 Å². The quantitative estimate of drug-likeness (QED) is 0.782. The Kier molecular flexibility index (Phi) is 4.65. The van der Waals surface area contributed by atoms with Crippen LogP contribution >= 0.6 is 31.9 Å². The van der Waals surface area contributed by atoms with Gasteiger partial charge in [0.05, 0.1) is 5.54 Å². The first kappa shape index (κ1) is 13.5. The molecule has 0 heterocycles. The molecule has 0 radical (unpaired) electrons. The molecule has 1 N–H and O–H groups in total. The molecule has 0 unspecified atom stereocenters. The molecule has 1 rings (SSSR count). The Morgan fingerprint density at radius 1 is 1.33 bits per heavy atom. The Labute approximate surface area is 109 Å². The Morgan fingerprint density at radius 2 is 1.80 bits per heavy atom. The summed E-state index contributed by atoms with van der Waals surface area (Å²) >= 11 is 6.88. The van der Waals surface area contributed by atoms with Crippen molar-refractivity contribution in [3.8, 4) is 0 Å². The SMILES string of the molecule is CC(CBr)(CBr)NC(=O)C1(C)CCCC1. The monoisotopic (exact) mass is 339 g/mol. The minimum absolute atomic E-state index is 0.133. The molecule has 0 aromatic carbocycles. The van der Waals surface area contributed by atoms with Crippen LogP contribution in [0.15, 0.2) is 0 Å². The third-order valence-electron chi connectivity index (χ3n) is 3.26. The second-order valence-corrected chi connectivity index (χ2v) is 6.17. The lowest BCUT2D eigenvalue weighted by molar-refractivity contribution is -0.131. The second kappa shape index (κ2) is 5.17. The van der Waals surface area contributed by atoms with Gasteiger partial charge in [-0.2, -0.15) is 0 Å². The molecule has 0 spiro atoms. The third kappa shape index (κ3) is 3.19. The van der Waals surface area contributed by atoms with Crippen LogP contribution in [0.25, 0.3) is 0 Å². The maximum absolute atomic E-state index is 12.1. The second-order valence-electron chi connectivity index (χ2n) is 5.05. The lowest BCUT2D eigenvalue weighted by Crippen LogP contribution is -2.53. The normalized spacial score (nSPS) is 20.3. The van der Waals surface area contributed by atoms with E-state index in [9.17, 15) is 4.79 Å². The summed E-state index contributed by atoms with van der Waals surface area (Å²) < 4.78 is 0. The summed E-state index contributed by atoms with van der Waals surface area (Å²) in [5.41, 5.74) is -0.311. The lowest BCUT2D eigenvalue weighted by Gasteiger charge is -2.32. The number of alkyl halides is 2. The van der Waals surface area contributed by atoms with E-state index in [-0.39, 0.29) is 16.9 Å². The molecule has 88 valence electrons. The van der Waals surface area contributed by atoms with Crippen LogP contribution < -0.4 is 5.32 Å². The van der Waals surface area contributed by atoms with Crippen molar-refractivity contribution in [1.29, 1.82) is 0 Å². The van der Waals surface area contributed by atoms with Gasteiger partial charge in [0.25, 0.3) is 0 Å². The zero-order chi connectivity index (χ0) is 11.5. The van der Waals surface area contributed by atoms with E-state index in [4.69, 9.17) is 0 Å². The number of amides is 1. The average molecular weight is 341 g/mol. The molecule has 1 aliphatic rings. The number of carbonyl (C=O) groups is 1. The van der Waals surface area contributed by atoms with E-state index >= 15 is 0 Å². The zero-order valence-electron chi connectivity index (χ0n) is 9.41. The molecule has 1 aliphatic carbocycles. The first-order valence-corrected chi connectivity index (χ1v) is 7.65. The Bertz CT molecular complexity index is 233. The van der Waals surface area contributed by atoms with Crippen LogP contribution in [0.3, 0.4) is 0 Å². The topological polar surface area (TPSA) is 29.1 Å². The van der Waals surface area contributed by atoms with Crippen LogP contribution in [0.5, 0.6) is 0 Å². The van der Waals surface area contributed by atoms with Crippen molar-refractivity contribution in [2.75, 3.05) is 10.7 Å². The van der Waals surface area contributed by atoms with Crippen molar-refractivity contribution in [1.82, 2.24) is 5.32 Å². The van der Waals surface area contributed by atoms with E-state index in [1.165, 1.54) is 12.8 Å². The molecule has 0 saturated heterocycles. The number of nitrogens with one attached hydrogen (secondary N) is 1. The molecule has 0 aromatic rings. The highest BCUT2D eigenvalue weighted by Gasteiger charge is 2.38. The van der Waals surface area contributed by atoms with Crippen LogP contribution in [0.2, 0.25) is 0 Å². The minimum atomic E-state index is -0.178. The molecule has 1 amide bonds. The van der Waals surface area contributed by atoms with E-state index in [1.54, 1.807) is 0 Å². The Balaban J connectivity index is 2.61. The molecular formula is C11H19Br2NO. The summed E-state index contributed by atoms with van der Waals surface area (Å²) in [7, 11) is 0. The van der Waals surface area contributed by atoms with Crippen molar-refractivity contribution < 1.29 is 4.79 Å². The Hall–Kier alpha value is 0.430. The summed E-state index contributed by atoms with van der Waals surface area (Å²) in [5, 5.41) is 4.68. The predicted octanol–water partition coefficient (Wildman–Crippen LogP) is 3.23. The number of hydrogen-bond donors (Lipinski definition) is 1. The lowest BCUT2D eigenvalue weighted by atomic mass is 9.87. The van der Waals surface area contributed by atoms with Gasteiger partial charge in [0.1, 0.15) is 0 Å². The highest BCUT2D eigenvalue weighted by Crippen LogP contribution is 2.38. The van der Waals surface area contributed by atoms with Crippen LogP contribution in [-0.2, 0) is 4.79 Å². The minimum Gasteiger partial charge on any atom is -0.349 e. The molecule has 0 aromatic heterocycles. The van der Waals surface area contributed by atoms with Crippen LogP contribution in [-0.4, -0.2) is 22.1 Å². The summed E-state index contributed by atoms with van der Waals surface area (Å²) in [6.45, 7) is 4.13. The van der Waals surface area contributed by atoms with E-state index in [0.717, 1.165) is 23.5 Å². The van der Waals surface area contributed by atoms with Crippen molar-refractivity contribution in [2.45, 2.75) is 45.1 Å². The van der Waals surface area contributed by atoms with Crippen molar-refractivity contribution in [3.05, 3.63) is 0 Å². The van der Waals surface area contributed by atoms with Crippen molar-refractivity contribution >= 4 is 37.8 Å². The van der Waals surface area contributed by atoms with Crippen molar-refractivity contribution in [3.63, 3.8) is 0 Å². The first-order chi connectivity index (χ1) is 6.96. The molecule has 15 heavy (non-hydrogen) atoms. The van der Waals surface area contributed by atoms with Crippen LogP contribution in [0.4, 0.5) is 0 Å². The fourth-order valence-electron chi connectivity index (χ4n) is 1.91. The van der Waals surface area contributed by atoms with Gasteiger partial charge < -0.3 is 5.32 Å².